The van der Waals surface area contributed by atoms with Crippen LogP contribution in [-0.4, -0.2) is 23.0 Å². The maximum Gasteiger partial charge on any atom is 0.152 e. The van der Waals surface area contributed by atoms with Crippen molar-refractivity contribution < 1.29 is 0 Å². The molecular weight excluding hydrogens is 168 g/mol. The number of likely N-dealkylation sites (tertiary alicyclic amines) is 1. The first kappa shape index (κ1) is 8.20. The minimum absolute atomic E-state index is 1.03. The van der Waals surface area contributed by atoms with Gasteiger partial charge in [-0.2, -0.15) is 0 Å². The molecule has 2 nitrogen and oxygen atoms in total. The van der Waals surface area contributed by atoms with Gasteiger partial charge >= 0.3 is 0 Å². The summed E-state index contributed by atoms with van der Waals surface area (Å²) < 4.78 is 0. The summed E-state index contributed by atoms with van der Waals surface area (Å²) in [7, 11) is 0. The highest BCUT2D eigenvalue weighted by Gasteiger charge is 2.10. The van der Waals surface area contributed by atoms with E-state index in [9.17, 15) is 0 Å². The second kappa shape index (κ2) is 4.01. The van der Waals surface area contributed by atoms with Gasteiger partial charge in [0.2, 0.25) is 0 Å². The van der Waals surface area contributed by atoms with E-state index >= 15 is 0 Å². The van der Waals surface area contributed by atoms with Gasteiger partial charge < -0.3 is 0 Å². The van der Waals surface area contributed by atoms with E-state index in [2.05, 4.69) is 20.8 Å². The Hall–Kier alpha value is -0.410. The molecule has 1 aliphatic rings. The van der Waals surface area contributed by atoms with Crippen molar-refractivity contribution in [1.29, 1.82) is 0 Å². The molecule has 2 rings (SSSR count). The average Bonchev–Trinajstić information content (AvgIpc) is 2.59. The smallest absolute Gasteiger partial charge is 0.152 e. The summed E-state index contributed by atoms with van der Waals surface area (Å²) in [5.74, 6) is 0. The van der Waals surface area contributed by atoms with Crippen LogP contribution in [0.3, 0.4) is 0 Å². The van der Waals surface area contributed by atoms with Gasteiger partial charge in [-0.3, -0.25) is 4.90 Å². The molecule has 0 spiro atoms. The molecule has 2 heterocycles. The van der Waals surface area contributed by atoms with Crippen molar-refractivity contribution in [2.45, 2.75) is 25.8 Å². The third-order valence-electron chi connectivity index (χ3n) is 2.27. The molecule has 0 aromatic carbocycles. The van der Waals surface area contributed by atoms with Crippen LogP contribution in [0, 0.1) is 5.51 Å². The maximum atomic E-state index is 4.16. The van der Waals surface area contributed by atoms with Gasteiger partial charge in [0.05, 0.1) is 5.69 Å². The van der Waals surface area contributed by atoms with Crippen molar-refractivity contribution >= 4 is 11.3 Å². The molecule has 0 N–H and O–H groups in total. The minimum Gasteiger partial charge on any atom is -0.297 e. The molecule has 1 aromatic heterocycles. The van der Waals surface area contributed by atoms with E-state index < -0.39 is 0 Å². The van der Waals surface area contributed by atoms with E-state index in [1.165, 1.54) is 38.0 Å². The predicted molar refractivity (Wildman–Crippen MR) is 50.1 cm³/mol. The Morgan fingerprint density at radius 2 is 2.25 bits per heavy atom. The molecule has 12 heavy (non-hydrogen) atoms. The molecule has 0 amide bonds. The van der Waals surface area contributed by atoms with Crippen molar-refractivity contribution in [1.82, 2.24) is 9.88 Å². The quantitative estimate of drug-likeness (QED) is 0.693. The first-order valence-corrected chi connectivity index (χ1v) is 5.36. The van der Waals surface area contributed by atoms with Gasteiger partial charge in [-0.1, -0.05) is 6.42 Å². The molecule has 65 valence electrons. The summed E-state index contributed by atoms with van der Waals surface area (Å²) in [6.07, 6.45) is 4.11. The Labute approximate surface area is 77.2 Å². The lowest BCUT2D eigenvalue weighted by Crippen LogP contribution is -2.29. The molecule has 3 heteroatoms. The molecule has 1 aromatic rings. The third kappa shape index (κ3) is 2.05. The fourth-order valence-electron chi connectivity index (χ4n) is 1.62. The first-order valence-electron chi connectivity index (χ1n) is 4.48. The lowest BCUT2D eigenvalue weighted by atomic mass is 10.1. The van der Waals surface area contributed by atoms with Gasteiger partial charge in [-0.15, -0.1) is 11.3 Å². The zero-order valence-corrected chi connectivity index (χ0v) is 7.94. The minimum atomic E-state index is 1.03. The molecule has 1 saturated heterocycles. The normalized spacial score (nSPS) is 19.7. The lowest BCUT2D eigenvalue weighted by molar-refractivity contribution is 0.219. The highest BCUT2D eigenvalue weighted by Crippen LogP contribution is 2.12. The summed E-state index contributed by atoms with van der Waals surface area (Å²) in [5, 5.41) is 2.09. The van der Waals surface area contributed by atoms with Crippen molar-refractivity contribution in [3.8, 4) is 0 Å². The third-order valence-corrected chi connectivity index (χ3v) is 2.86. The van der Waals surface area contributed by atoms with Crippen LogP contribution in [0.25, 0.3) is 0 Å². The first-order chi connectivity index (χ1) is 5.95. The van der Waals surface area contributed by atoms with Crippen LogP contribution in [0.1, 0.15) is 25.0 Å². The molecule has 0 bridgehead atoms. The molecular formula is C9H13N2S. The number of hydrogen-bond acceptors (Lipinski definition) is 3. The maximum absolute atomic E-state index is 4.16. The SMILES string of the molecule is [c]1nc(CN2CCCCC2)cs1. The summed E-state index contributed by atoms with van der Waals surface area (Å²) in [5.41, 5.74) is 4.07. The van der Waals surface area contributed by atoms with Crippen LogP contribution in [0.2, 0.25) is 0 Å². The lowest BCUT2D eigenvalue weighted by Gasteiger charge is -2.25. The monoisotopic (exact) mass is 181 g/mol. The second-order valence-corrected chi connectivity index (χ2v) is 3.92. The van der Waals surface area contributed by atoms with Gasteiger partial charge in [0.25, 0.3) is 0 Å². The highest BCUT2D eigenvalue weighted by molar-refractivity contribution is 7.07. The van der Waals surface area contributed by atoms with E-state index in [1.54, 1.807) is 11.3 Å². The standard InChI is InChI=1S/C9H13N2S/c1-2-4-11(5-3-1)6-9-7-12-8-10-9/h7H,1-6H2. The number of rotatable bonds is 2. The molecule has 0 aliphatic carbocycles. The summed E-state index contributed by atoms with van der Waals surface area (Å²) in [6.45, 7) is 3.52. The van der Waals surface area contributed by atoms with Gasteiger partial charge in [-0.05, 0) is 25.9 Å². The van der Waals surface area contributed by atoms with Crippen LogP contribution in [0.15, 0.2) is 5.38 Å². The molecule has 1 aliphatic heterocycles. The molecule has 0 atom stereocenters. The molecule has 0 saturated carbocycles. The molecule has 1 fully saturated rings. The van der Waals surface area contributed by atoms with Crippen LogP contribution in [0.4, 0.5) is 0 Å². The van der Waals surface area contributed by atoms with E-state index in [0.29, 0.717) is 0 Å². The Bertz CT molecular complexity index is 214. The zero-order valence-electron chi connectivity index (χ0n) is 7.12. The van der Waals surface area contributed by atoms with E-state index in [0.717, 1.165) is 6.54 Å². The Balaban J connectivity index is 1.86. The van der Waals surface area contributed by atoms with Gasteiger partial charge in [0.15, 0.2) is 5.51 Å². The number of aromatic nitrogens is 1. The van der Waals surface area contributed by atoms with Crippen molar-refractivity contribution in [3.05, 3.63) is 16.6 Å². The van der Waals surface area contributed by atoms with Crippen LogP contribution in [-0.2, 0) is 6.54 Å². The Morgan fingerprint density at radius 1 is 1.42 bits per heavy atom. The van der Waals surface area contributed by atoms with Gasteiger partial charge in [0, 0.05) is 11.9 Å². The summed E-state index contributed by atoms with van der Waals surface area (Å²) >= 11 is 1.57. The van der Waals surface area contributed by atoms with Gasteiger partial charge in [0.1, 0.15) is 0 Å². The van der Waals surface area contributed by atoms with Crippen LogP contribution >= 0.6 is 11.3 Å². The zero-order chi connectivity index (χ0) is 8.23. The van der Waals surface area contributed by atoms with E-state index in [4.69, 9.17) is 0 Å². The number of thiazole rings is 1. The van der Waals surface area contributed by atoms with Crippen molar-refractivity contribution in [2.24, 2.45) is 0 Å². The highest BCUT2D eigenvalue weighted by atomic mass is 32.1. The fourth-order valence-corrected chi connectivity index (χ4v) is 2.11. The largest absolute Gasteiger partial charge is 0.297 e. The predicted octanol–water partition coefficient (Wildman–Crippen LogP) is 1.93. The van der Waals surface area contributed by atoms with Crippen molar-refractivity contribution in [3.63, 3.8) is 0 Å². The number of piperidine rings is 1. The Morgan fingerprint density at radius 3 is 2.92 bits per heavy atom. The van der Waals surface area contributed by atoms with Crippen LogP contribution in [0.5, 0.6) is 0 Å². The Kier molecular flexibility index (Phi) is 2.74. The average molecular weight is 181 g/mol. The molecule has 0 unspecified atom stereocenters. The molecule has 1 radical (unpaired) electrons. The van der Waals surface area contributed by atoms with Crippen molar-refractivity contribution in [2.75, 3.05) is 13.1 Å². The second-order valence-electron chi connectivity index (χ2n) is 3.27. The van der Waals surface area contributed by atoms with E-state index in [-0.39, 0.29) is 0 Å². The topological polar surface area (TPSA) is 16.1 Å². The number of nitrogens with zero attached hydrogens (tertiary/aromatic N) is 2. The summed E-state index contributed by atoms with van der Waals surface area (Å²) in [6, 6.07) is 0. The van der Waals surface area contributed by atoms with Crippen LogP contribution < -0.4 is 0 Å². The van der Waals surface area contributed by atoms with Gasteiger partial charge in [-0.25, -0.2) is 4.98 Å². The summed E-state index contributed by atoms with van der Waals surface area (Å²) in [4.78, 5) is 6.64. The number of hydrogen-bond donors (Lipinski definition) is 0. The van der Waals surface area contributed by atoms with E-state index in [1.807, 2.05) is 0 Å². The fraction of sp³-hybridized carbons (Fsp3) is 0.667.